The van der Waals surface area contributed by atoms with E-state index < -0.39 is 0 Å². The van der Waals surface area contributed by atoms with E-state index >= 15 is 0 Å². The fraction of sp³-hybridized carbons (Fsp3) is 0.450. The lowest BCUT2D eigenvalue weighted by Gasteiger charge is -2.36. The van der Waals surface area contributed by atoms with Crippen LogP contribution in [0.2, 0.25) is 0 Å². The average Bonchev–Trinajstić information content (AvgIpc) is 3.99. The van der Waals surface area contributed by atoms with Crippen LogP contribution < -0.4 is 41.0 Å². The number of carbonyl (C=O) groups excluding carboxylic acids is 1. The van der Waals surface area contributed by atoms with Gasteiger partial charge in [0.1, 0.15) is 23.9 Å². The first-order chi connectivity index (χ1) is 28.8. The summed E-state index contributed by atoms with van der Waals surface area (Å²) in [4.78, 5) is 44.6. The first-order valence-corrected chi connectivity index (χ1v) is 20.0. The minimum Gasteiger partial charge on any atom is -0.478 e. The van der Waals surface area contributed by atoms with E-state index in [1.807, 2.05) is 47.8 Å². The Balaban J connectivity index is 0.00000604. The Morgan fingerprint density at radius 3 is 2.75 bits per heavy atom. The summed E-state index contributed by atoms with van der Waals surface area (Å²) >= 11 is 0. The first-order valence-electron chi connectivity index (χ1n) is 20.0. The number of nitrogens with one attached hydrogen (secondary N) is 3. The number of aryl methyl sites for hydroxylation is 1. The van der Waals surface area contributed by atoms with Gasteiger partial charge in [-0.2, -0.15) is 23.5 Å². The molecule has 5 aromatic rings. The van der Waals surface area contributed by atoms with Crippen LogP contribution in [0.15, 0.2) is 55.8 Å². The molecule has 1 amide bonds. The van der Waals surface area contributed by atoms with E-state index in [0.29, 0.717) is 97.6 Å². The molecule has 0 radical (unpaired) electrons. The SMILES string of the molecule is C=CC(=O)NC1CCN(c2nc(Nc3cn(CCOc4ccc(CNc5cc(N6CCCCC6CCO)nc(/C(=C\N)CC)n5)cn4)nc3OC)c3ncn(C)c3n2)C1.S. The lowest BCUT2D eigenvalue weighted by molar-refractivity contribution is -0.117. The number of nitrogens with two attached hydrogens (primary N) is 1. The summed E-state index contributed by atoms with van der Waals surface area (Å²) in [6, 6.07) is 5.97. The van der Waals surface area contributed by atoms with Crippen molar-refractivity contribution in [2.24, 2.45) is 12.8 Å². The highest BCUT2D eigenvalue weighted by molar-refractivity contribution is 7.59. The zero-order valence-electron chi connectivity index (χ0n) is 34.3. The van der Waals surface area contributed by atoms with Crippen molar-refractivity contribution in [1.29, 1.82) is 0 Å². The maximum Gasteiger partial charge on any atom is 0.256 e. The molecule has 60 heavy (non-hydrogen) atoms. The quantitative estimate of drug-likeness (QED) is 0.0795. The third-order valence-electron chi connectivity index (χ3n) is 10.5. The molecule has 2 aliphatic heterocycles. The predicted molar refractivity (Wildman–Crippen MR) is 236 cm³/mol. The average molecular weight is 842 g/mol. The number of carbonyl (C=O) groups is 1. The minimum atomic E-state index is -0.202. The van der Waals surface area contributed by atoms with E-state index in [-0.39, 0.29) is 38.1 Å². The van der Waals surface area contributed by atoms with Crippen LogP contribution in [0.4, 0.5) is 29.1 Å². The van der Waals surface area contributed by atoms with Crippen LogP contribution >= 0.6 is 13.5 Å². The Hall–Kier alpha value is -6.15. The van der Waals surface area contributed by atoms with Crippen molar-refractivity contribution in [1.82, 2.24) is 49.6 Å². The van der Waals surface area contributed by atoms with Gasteiger partial charge in [-0.1, -0.05) is 19.6 Å². The number of amides is 1. The van der Waals surface area contributed by atoms with Crippen LogP contribution in [0.3, 0.4) is 0 Å². The number of aliphatic hydroxyl groups is 1. The number of hydrogen-bond acceptors (Lipinski definition) is 16. The van der Waals surface area contributed by atoms with Crippen LogP contribution in [0.1, 0.15) is 56.8 Å². The van der Waals surface area contributed by atoms with Crippen LogP contribution in [-0.4, -0.2) is 107 Å². The number of aliphatic hydroxyl groups excluding tert-OH is 1. The van der Waals surface area contributed by atoms with E-state index in [2.05, 4.69) is 42.5 Å². The topological polar surface area (TPSA) is 224 Å². The largest absolute Gasteiger partial charge is 0.478 e. The number of nitrogens with zero attached hydrogens (tertiary/aromatic N) is 11. The van der Waals surface area contributed by atoms with Crippen molar-refractivity contribution in [2.75, 3.05) is 60.4 Å². The number of aromatic nitrogens is 9. The lowest BCUT2D eigenvalue weighted by Crippen LogP contribution is -2.40. The number of methoxy groups -OCH3 is 1. The molecule has 20 heteroatoms. The number of anilines is 5. The van der Waals surface area contributed by atoms with Crippen LogP contribution in [-0.2, 0) is 24.9 Å². The van der Waals surface area contributed by atoms with Crippen LogP contribution in [0, 0.1) is 0 Å². The van der Waals surface area contributed by atoms with Crippen molar-refractivity contribution in [3.63, 3.8) is 0 Å². The Bertz CT molecular complexity index is 2260. The molecule has 0 bridgehead atoms. The molecule has 7 rings (SSSR count). The number of hydrogen-bond donors (Lipinski definition) is 5. The highest BCUT2D eigenvalue weighted by Crippen LogP contribution is 2.31. The van der Waals surface area contributed by atoms with Crippen molar-refractivity contribution >= 4 is 65.2 Å². The number of pyridine rings is 1. The van der Waals surface area contributed by atoms with Gasteiger partial charge in [-0.15, -0.1) is 5.10 Å². The molecular formula is C40H55N15O4S. The van der Waals surface area contributed by atoms with Crippen LogP contribution in [0.25, 0.3) is 16.7 Å². The standard InChI is InChI=1S/C40H53N15O4.H2S/c1-5-27(20-41)36-47-31(19-32(48-36)55-14-8-7-9-29(55)13-17-56)42-21-26-10-11-34(43-22-26)59-18-16-54-24-30(39(51-54)58-4)46-37-35-38(52(3)25-44-35)50-40(49-37)53-15-12-28(23-53)45-33(57)6-2;/h6,10-11,19-20,22,24-25,28-29,56H,2,5,7-9,12-18,21,23,41H2,1,3-4H3,(H,45,57)(H,42,47,48)(H,46,49,50);1H2/b27-20-;. The summed E-state index contributed by atoms with van der Waals surface area (Å²) in [6.07, 6.45) is 13.6. The lowest BCUT2D eigenvalue weighted by atomic mass is 9.99. The molecule has 0 aliphatic carbocycles. The second-order valence-corrected chi connectivity index (χ2v) is 14.5. The molecule has 7 heterocycles. The molecule has 0 spiro atoms. The number of fused-ring (bicyclic) bond motifs is 1. The van der Waals surface area contributed by atoms with Crippen molar-refractivity contribution in [3.8, 4) is 11.8 Å². The van der Waals surface area contributed by atoms with E-state index in [9.17, 15) is 9.90 Å². The van der Waals surface area contributed by atoms with Gasteiger partial charge < -0.3 is 50.6 Å². The summed E-state index contributed by atoms with van der Waals surface area (Å²) in [5.74, 6) is 3.81. The third kappa shape index (κ3) is 10.2. The Morgan fingerprint density at radius 1 is 1.13 bits per heavy atom. The Labute approximate surface area is 356 Å². The number of rotatable bonds is 18. The highest BCUT2D eigenvalue weighted by Gasteiger charge is 2.28. The summed E-state index contributed by atoms with van der Waals surface area (Å²) < 4.78 is 15.2. The summed E-state index contributed by atoms with van der Waals surface area (Å²) in [5, 5.41) is 24.1. The minimum absolute atomic E-state index is 0. The monoisotopic (exact) mass is 841 g/mol. The van der Waals surface area contributed by atoms with Gasteiger partial charge in [0.05, 0.1) is 26.2 Å². The molecule has 2 atom stereocenters. The number of imidazole rings is 1. The maximum atomic E-state index is 11.9. The van der Waals surface area contributed by atoms with Gasteiger partial charge in [-0.05, 0) is 50.2 Å². The fourth-order valence-electron chi connectivity index (χ4n) is 7.38. The second kappa shape index (κ2) is 20.2. The van der Waals surface area contributed by atoms with Gasteiger partial charge in [0.15, 0.2) is 22.8 Å². The maximum absolute atomic E-state index is 11.9. The number of piperidine rings is 1. The molecule has 2 aliphatic rings. The molecule has 5 aromatic heterocycles. The van der Waals surface area contributed by atoms with E-state index in [1.165, 1.54) is 6.08 Å². The fourth-order valence-corrected chi connectivity index (χ4v) is 7.38. The molecule has 2 saturated heterocycles. The van der Waals surface area contributed by atoms with Crippen molar-refractivity contribution < 1.29 is 19.4 Å². The molecule has 320 valence electrons. The molecule has 0 saturated carbocycles. The first kappa shape index (κ1) is 43.4. The van der Waals surface area contributed by atoms with Gasteiger partial charge in [-0.25, -0.2) is 19.9 Å². The zero-order chi connectivity index (χ0) is 41.3. The number of ether oxygens (including phenoxy) is 2. The molecular weight excluding hydrogens is 787 g/mol. The molecule has 6 N–H and O–H groups in total. The van der Waals surface area contributed by atoms with Gasteiger partial charge in [0.2, 0.25) is 17.7 Å². The Morgan fingerprint density at radius 2 is 2.00 bits per heavy atom. The number of allylic oxidation sites excluding steroid dienone is 1. The van der Waals surface area contributed by atoms with Gasteiger partial charge in [-0.3, -0.25) is 9.48 Å². The van der Waals surface area contributed by atoms with E-state index in [4.69, 9.17) is 35.1 Å². The highest BCUT2D eigenvalue weighted by atomic mass is 32.1. The molecule has 2 unspecified atom stereocenters. The van der Waals surface area contributed by atoms with E-state index in [1.54, 1.807) is 30.5 Å². The Kier molecular flexibility index (Phi) is 14.6. The molecule has 19 nitrogen and oxygen atoms in total. The predicted octanol–water partition coefficient (Wildman–Crippen LogP) is 3.63. The molecule has 2 fully saturated rings. The zero-order valence-corrected chi connectivity index (χ0v) is 35.3. The van der Waals surface area contributed by atoms with Gasteiger partial charge in [0, 0.05) is 82.0 Å². The van der Waals surface area contributed by atoms with E-state index in [0.717, 1.165) is 49.2 Å². The van der Waals surface area contributed by atoms with Gasteiger partial charge in [0.25, 0.3) is 5.88 Å². The third-order valence-corrected chi connectivity index (χ3v) is 10.5. The summed E-state index contributed by atoms with van der Waals surface area (Å²) in [5.41, 5.74) is 9.63. The molecule has 0 aromatic carbocycles. The smallest absolute Gasteiger partial charge is 0.256 e. The second-order valence-electron chi connectivity index (χ2n) is 14.5. The summed E-state index contributed by atoms with van der Waals surface area (Å²) in [7, 11) is 3.44. The van der Waals surface area contributed by atoms with Gasteiger partial charge >= 0.3 is 0 Å². The van der Waals surface area contributed by atoms with Crippen molar-refractivity contribution in [2.45, 2.75) is 70.6 Å². The summed E-state index contributed by atoms with van der Waals surface area (Å²) in [6.45, 7) is 9.09. The van der Waals surface area contributed by atoms with Crippen LogP contribution in [0.5, 0.6) is 11.8 Å². The normalized spacial score (nSPS) is 16.7. The van der Waals surface area contributed by atoms with Crippen molar-refractivity contribution in [3.05, 3.63) is 67.2 Å².